The minimum Gasteiger partial charge on any atom is -0.398 e. The summed E-state index contributed by atoms with van der Waals surface area (Å²) in [6.07, 6.45) is 3.18. The molecule has 3 heterocycles. The van der Waals surface area contributed by atoms with E-state index in [1.165, 1.54) is 10.4 Å². The van der Waals surface area contributed by atoms with Crippen LogP contribution < -0.4 is 5.73 Å². The van der Waals surface area contributed by atoms with Crippen molar-refractivity contribution in [2.75, 3.05) is 45.1 Å². The van der Waals surface area contributed by atoms with Crippen molar-refractivity contribution in [1.82, 2.24) is 9.80 Å². The molecule has 2 aliphatic heterocycles. The first-order valence-corrected chi connectivity index (χ1v) is 13.9. The maximum absolute atomic E-state index is 13.1. The number of ketones is 1. The minimum atomic E-state index is 0.0720. The monoisotopic (exact) mass is 517 g/mol. The number of rotatable bonds is 6. The molecule has 194 valence electrons. The SMILES string of the molecule is CC1(Cc2ccc(C(=O)Cc3cc(-c4cccs4)ccc3N)cc2)CCN(C(=O)N2CCOCC2)CC1. The van der Waals surface area contributed by atoms with Crippen molar-refractivity contribution in [3.8, 4) is 10.4 Å². The zero-order valence-corrected chi connectivity index (χ0v) is 22.3. The summed E-state index contributed by atoms with van der Waals surface area (Å²) in [7, 11) is 0. The number of hydrogen-bond donors (Lipinski definition) is 1. The maximum Gasteiger partial charge on any atom is 0.320 e. The molecule has 0 bridgehead atoms. The number of carbonyl (C=O) groups is 2. The molecule has 0 saturated carbocycles. The second-order valence-electron chi connectivity index (χ2n) is 10.5. The lowest BCUT2D eigenvalue weighted by Crippen LogP contribution is -2.51. The number of likely N-dealkylation sites (tertiary alicyclic amines) is 1. The van der Waals surface area contributed by atoms with Crippen molar-refractivity contribution in [1.29, 1.82) is 0 Å². The molecule has 0 unspecified atom stereocenters. The Labute approximate surface area is 223 Å². The lowest BCUT2D eigenvalue weighted by Gasteiger charge is -2.42. The third kappa shape index (κ3) is 6.05. The smallest absolute Gasteiger partial charge is 0.320 e. The van der Waals surface area contributed by atoms with Crippen LogP contribution in [0.2, 0.25) is 0 Å². The molecule has 2 amide bonds. The molecule has 2 aromatic carbocycles. The Hall–Kier alpha value is -3.16. The van der Waals surface area contributed by atoms with E-state index in [9.17, 15) is 9.59 Å². The fourth-order valence-electron chi connectivity index (χ4n) is 5.30. The molecule has 1 aromatic heterocycles. The molecule has 2 N–H and O–H groups in total. The van der Waals surface area contributed by atoms with Gasteiger partial charge >= 0.3 is 6.03 Å². The number of morpholine rings is 1. The molecule has 5 rings (SSSR count). The van der Waals surface area contributed by atoms with Crippen LogP contribution in [0.1, 0.15) is 41.3 Å². The molecular weight excluding hydrogens is 482 g/mol. The first-order chi connectivity index (χ1) is 17.9. The van der Waals surface area contributed by atoms with Crippen LogP contribution in [0.3, 0.4) is 0 Å². The predicted octanol–water partition coefficient (Wildman–Crippen LogP) is 5.52. The van der Waals surface area contributed by atoms with Gasteiger partial charge in [0.15, 0.2) is 5.78 Å². The number of amides is 2. The standard InChI is InChI=1S/C30H35N3O3S/c1-30(10-12-32(13-11-30)29(35)33-14-16-36-17-15-33)21-22-4-6-23(7-5-22)27(34)20-25-19-24(8-9-26(25)31)28-3-2-18-37-28/h2-9,18-19H,10-17,20-21,31H2,1H3. The number of nitrogens with two attached hydrogens (primary N) is 1. The highest BCUT2D eigenvalue weighted by Crippen LogP contribution is 2.35. The predicted molar refractivity (Wildman–Crippen MR) is 149 cm³/mol. The van der Waals surface area contributed by atoms with Gasteiger partial charge in [0.1, 0.15) is 0 Å². The van der Waals surface area contributed by atoms with Gasteiger partial charge in [-0.1, -0.05) is 43.3 Å². The summed E-state index contributed by atoms with van der Waals surface area (Å²) in [6.45, 7) is 6.51. The van der Waals surface area contributed by atoms with Gasteiger partial charge in [0.2, 0.25) is 0 Å². The quantitative estimate of drug-likeness (QED) is 0.345. The third-order valence-electron chi connectivity index (χ3n) is 7.73. The molecule has 6 nitrogen and oxygen atoms in total. The first kappa shape index (κ1) is 25.5. The normalized spacial score (nSPS) is 17.5. The second kappa shape index (κ2) is 11.1. The number of hydrogen-bond acceptors (Lipinski definition) is 5. The van der Waals surface area contributed by atoms with Crippen LogP contribution in [0.25, 0.3) is 10.4 Å². The average Bonchev–Trinajstić information content (AvgIpc) is 3.46. The van der Waals surface area contributed by atoms with Gasteiger partial charge in [-0.3, -0.25) is 4.79 Å². The van der Waals surface area contributed by atoms with E-state index in [0.717, 1.165) is 43.5 Å². The lowest BCUT2D eigenvalue weighted by molar-refractivity contribution is 0.0360. The Kier molecular flexibility index (Phi) is 7.63. The van der Waals surface area contributed by atoms with E-state index in [4.69, 9.17) is 10.5 Å². The average molecular weight is 518 g/mol. The highest BCUT2D eigenvalue weighted by molar-refractivity contribution is 7.13. The third-order valence-corrected chi connectivity index (χ3v) is 8.65. The van der Waals surface area contributed by atoms with E-state index in [1.807, 2.05) is 51.6 Å². The largest absolute Gasteiger partial charge is 0.398 e. The van der Waals surface area contributed by atoms with Crippen LogP contribution >= 0.6 is 11.3 Å². The fraction of sp³-hybridized carbons (Fsp3) is 0.400. The molecule has 0 spiro atoms. The van der Waals surface area contributed by atoms with Gasteiger partial charge in [-0.2, -0.15) is 0 Å². The van der Waals surface area contributed by atoms with Crippen LogP contribution in [-0.4, -0.2) is 61.0 Å². The van der Waals surface area contributed by atoms with E-state index in [2.05, 4.69) is 25.1 Å². The molecule has 3 aromatic rings. The molecule has 2 fully saturated rings. The van der Waals surface area contributed by atoms with Gasteiger partial charge in [0, 0.05) is 48.7 Å². The first-order valence-electron chi connectivity index (χ1n) is 13.1. The van der Waals surface area contributed by atoms with E-state index in [0.29, 0.717) is 37.6 Å². The van der Waals surface area contributed by atoms with E-state index >= 15 is 0 Å². The van der Waals surface area contributed by atoms with Crippen molar-refractivity contribution < 1.29 is 14.3 Å². The Morgan fingerprint density at radius 1 is 0.973 bits per heavy atom. The fourth-order valence-corrected chi connectivity index (χ4v) is 6.02. The number of Topliss-reactive ketones (excluding diaryl/α,β-unsaturated/α-hetero) is 1. The number of nitrogens with zero attached hydrogens (tertiary/aromatic N) is 2. The molecule has 2 saturated heterocycles. The number of thiophene rings is 1. The number of carbonyl (C=O) groups excluding carboxylic acids is 2. The molecule has 7 heteroatoms. The summed E-state index contributed by atoms with van der Waals surface area (Å²) in [5, 5.41) is 2.05. The molecule has 2 aliphatic rings. The molecular formula is C30H35N3O3S. The Morgan fingerprint density at radius 3 is 2.35 bits per heavy atom. The van der Waals surface area contributed by atoms with E-state index in [-0.39, 0.29) is 23.7 Å². The van der Waals surface area contributed by atoms with Crippen LogP contribution in [0.4, 0.5) is 10.5 Å². The Bertz CT molecular complexity index is 1230. The number of anilines is 1. The Balaban J connectivity index is 1.17. The zero-order chi connectivity index (χ0) is 25.8. The molecule has 0 atom stereocenters. The molecule has 37 heavy (non-hydrogen) atoms. The highest BCUT2D eigenvalue weighted by Gasteiger charge is 2.33. The van der Waals surface area contributed by atoms with E-state index in [1.54, 1.807) is 11.3 Å². The number of nitrogen functional groups attached to an aromatic ring is 1. The summed E-state index contributed by atoms with van der Waals surface area (Å²) in [5.74, 6) is 0.0720. The number of ether oxygens (including phenoxy) is 1. The van der Waals surface area contributed by atoms with Gasteiger partial charge in [-0.15, -0.1) is 11.3 Å². The van der Waals surface area contributed by atoms with Gasteiger partial charge in [0.25, 0.3) is 0 Å². The maximum atomic E-state index is 13.1. The second-order valence-corrected chi connectivity index (χ2v) is 11.5. The van der Waals surface area contributed by atoms with Crippen molar-refractivity contribution in [3.63, 3.8) is 0 Å². The summed E-state index contributed by atoms with van der Waals surface area (Å²) in [6, 6.07) is 18.2. The van der Waals surface area contributed by atoms with Gasteiger partial charge < -0.3 is 20.3 Å². The van der Waals surface area contributed by atoms with Crippen molar-refractivity contribution in [2.24, 2.45) is 5.41 Å². The van der Waals surface area contributed by atoms with Gasteiger partial charge in [0.05, 0.1) is 13.2 Å². The van der Waals surface area contributed by atoms with Crippen LogP contribution in [0, 0.1) is 5.41 Å². The Morgan fingerprint density at radius 2 is 1.68 bits per heavy atom. The number of urea groups is 1. The molecule has 0 aliphatic carbocycles. The summed E-state index contributed by atoms with van der Waals surface area (Å²) in [4.78, 5) is 30.9. The van der Waals surface area contributed by atoms with Crippen LogP contribution in [-0.2, 0) is 17.6 Å². The summed E-state index contributed by atoms with van der Waals surface area (Å²) in [5.41, 5.74) is 10.9. The number of benzene rings is 2. The van der Waals surface area contributed by atoms with Crippen LogP contribution in [0.5, 0.6) is 0 Å². The molecule has 0 radical (unpaired) electrons. The lowest BCUT2D eigenvalue weighted by atomic mass is 9.75. The van der Waals surface area contributed by atoms with Crippen molar-refractivity contribution in [3.05, 3.63) is 76.7 Å². The minimum absolute atomic E-state index is 0.0720. The highest BCUT2D eigenvalue weighted by atomic mass is 32.1. The zero-order valence-electron chi connectivity index (χ0n) is 21.4. The van der Waals surface area contributed by atoms with Gasteiger partial charge in [-0.05, 0) is 64.9 Å². The van der Waals surface area contributed by atoms with E-state index < -0.39 is 0 Å². The number of piperidine rings is 1. The topological polar surface area (TPSA) is 75.9 Å². The van der Waals surface area contributed by atoms with Crippen molar-refractivity contribution >= 4 is 28.8 Å². The van der Waals surface area contributed by atoms with Gasteiger partial charge in [-0.25, -0.2) is 4.79 Å². The summed E-state index contributed by atoms with van der Waals surface area (Å²) < 4.78 is 5.37. The van der Waals surface area contributed by atoms with Crippen molar-refractivity contribution in [2.45, 2.75) is 32.6 Å². The summed E-state index contributed by atoms with van der Waals surface area (Å²) >= 11 is 1.68. The van der Waals surface area contributed by atoms with Crippen LogP contribution in [0.15, 0.2) is 60.0 Å².